The molecule has 34 heavy (non-hydrogen) atoms. The highest BCUT2D eigenvalue weighted by molar-refractivity contribution is 9.10. The predicted octanol–water partition coefficient (Wildman–Crippen LogP) is 4.67. The minimum absolute atomic E-state index is 0.0909. The third kappa shape index (κ3) is 6.79. The number of amides is 1. The molecular formula is C25H24BrN3O4S. The monoisotopic (exact) mass is 541 g/mol. The van der Waals surface area contributed by atoms with Crippen molar-refractivity contribution in [3.8, 4) is 5.75 Å². The number of nitrogens with one attached hydrogen (secondary N) is 1. The number of carbonyl (C=O) groups is 1. The number of hydrogen-bond donors (Lipinski definition) is 1. The van der Waals surface area contributed by atoms with Gasteiger partial charge in [-0.25, -0.2) is 13.8 Å². The number of sulfonamides is 1. The van der Waals surface area contributed by atoms with Crippen molar-refractivity contribution in [2.24, 2.45) is 5.10 Å². The number of halogens is 1. The Balaban J connectivity index is 1.76. The molecule has 0 fully saturated rings. The molecule has 1 N–H and O–H groups in total. The van der Waals surface area contributed by atoms with E-state index in [0.717, 1.165) is 15.4 Å². The van der Waals surface area contributed by atoms with Gasteiger partial charge in [0, 0.05) is 4.47 Å². The molecule has 7 nitrogen and oxygen atoms in total. The second kappa shape index (κ2) is 11.6. The lowest BCUT2D eigenvalue weighted by Gasteiger charge is -2.24. The number of rotatable bonds is 10. The van der Waals surface area contributed by atoms with E-state index in [1.807, 2.05) is 6.92 Å². The summed E-state index contributed by atoms with van der Waals surface area (Å²) in [6, 6.07) is 20.3. The highest BCUT2D eigenvalue weighted by atomic mass is 79.9. The first-order valence-corrected chi connectivity index (χ1v) is 12.5. The molecule has 9 heteroatoms. The molecule has 0 saturated heterocycles. The third-order valence-electron chi connectivity index (χ3n) is 4.64. The highest BCUT2D eigenvalue weighted by Gasteiger charge is 2.27. The van der Waals surface area contributed by atoms with Crippen molar-refractivity contribution in [2.75, 3.05) is 17.5 Å². The smallest absolute Gasteiger partial charge is 0.264 e. The van der Waals surface area contributed by atoms with Gasteiger partial charge in [-0.3, -0.25) is 9.10 Å². The number of ether oxygens (including phenoxy) is 1. The van der Waals surface area contributed by atoms with Crippen molar-refractivity contribution in [1.82, 2.24) is 5.43 Å². The van der Waals surface area contributed by atoms with Crippen molar-refractivity contribution in [3.63, 3.8) is 0 Å². The molecule has 3 aromatic rings. The van der Waals surface area contributed by atoms with Gasteiger partial charge in [0.1, 0.15) is 18.9 Å². The number of carbonyl (C=O) groups excluding carboxylic acids is 1. The van der Waals surface area contributed by atoms with Crippen LogP contribution >= 0.6 is 15.9 Å². The number of nitrogens with zero attached hydrogens (tertiary/aromatic N) is 2. The Kier molecular flexibility index (Phi) is 8.61. The fourth-order valence-corrected chi connectivity index (χ4v) is 4.73. The number of hydrazone groups is 1. The zero-order valence-corrected chi connectivity index (χ0v) is 20.9. The molecule has 0 atom stereocenters. The van der Waals surface area contributed by atoms with E-state index in [0.29, 0.717) is 22.5 Å². The van der Waals surface area contributed by atoms with E-state index in [2.05, 4.69) is 33.0 Å². The van der Waals surface area contributed by atoms with Gasteiger partial charge in [-0.05, 0) is 67.1 Å². The lowest BCUT2D eigenvalue weighted by Crippen LogP contribution is -2.39. The average Bonchev–Trinajstić information content (AvgIpc) is 2.82. The van der Waals surface area contributed by atoms with Crippen molar-refractivity contribution in [3.05, 3.63) is 101 Å². The van der Waals surface area contributed by atoms with E-state index in [1.165, 1.54) is 18.3 Å². The lowest BCUT2D eigenvalue weighted by atomic mass is 10.2. The fraction of sp³-hybridized carbons (Fsp3) is 0.120. The van der Waals surface area contributed by atoms with Crippen LogP contribution in [0.25, 0.3) is 0 Å². The van der Waals surface area contributed by atoms with Crippen LogP contribution in [0.4, 0.5) is 5.69 Å². The zero-order valence-electron chi connectivity index (χ0n) is 18.5. The average molecular weight is 542 g/mol. The Morgan fingerprint density at radius 3 is 2.47 bits per heavy atom. The Morgan fingerprint density at radius 1 is 1.12 bits per heavy atom. The van der Waals surface area contributed by atoms with E-state index in [4.69, 9.17) is 4.74 Å². The van der Waals surface area contributed by atoms with E-state index in [-0.39, 0.29) is 4.90 Å². The lowest BCUT2D eigenvalue weighted by molar-refractivity contribution is -0.119. The van der Waals surface area contributed by atoms with Gasteiger partial charge in [0.25, 0.3) is 15.9 Å². The first kappa shape index (κ1) is 25.2. The molecule has 0 aliphatic heterocycles. The molecule has 176 valence electrons. The molecule has 0 saturated carbocycles. The van der Waals surface area contributed by atoms with E-state index >= 15 is 0 Å². The number of anilines is 1. The summed E-state index contributed by atoms with van der Waals surface area (Å²) in [5.74, 6) is 0.102. The maximum Gasteiger partial charge on any atom is 0.264 e. The SMILES string of the molecule is C=CCOc1ccc(/C=N\NC(=O)CN(c2cccc(Br)c2)S(=O)(=O)c2ccc(C)cc2)cc1. The van der Waals surface area contributed by atoms with E-state index < -0.39 is 22.5 Å². The molecular weight excluding hydrogens is 518 g/mol. The molecule has 0 unspecified atom stereocenters. The second-order valence-corrected chi connectivity index (χ2v) is 10.0. The molecule has 0 spiro atoms. The largest absolute Gasteiger partial charge is 0.490 e. The first-order valence-electron chi connectivity index (χ1n) is 10.3. The molecule has 0 radical (unpaired) electrons. The van der Waals surface area contributed by atoms with Crippen LogP contribution in [0.1, 0.15) is 11.1 Å². The summed E-state index contributed by atoms with van der Waals surface area (Å²) in [6.45, 7) is 5.43. The molecule has 1 amide bonds. The maximum absolute atomic E-state index is 13.4. The molecule has 0 heterocycles. The molecule has 3 aromatic carbocycles. The summed E-state index contributed by atoms with van der Waals surface area (Å²) in [6.07, 6.45) is 3.12. The Morgan fingerprint density at radius 2 is 1.82 bits per heavy atom. The fourth-order valence-electron chi connectivity index (χ4n) is 2.93. The van der Waals surface area contributed by atoms with Crippen LogP contribution < -0.4 is 14.5 Å². The Hall–Kier alpha value is -3.43. The van der Waals surface area contributed by atoms with Crippen LogP contribution in [0.5, 0.6) is 5.75 Å². The zero-order chi connectivity index (χ0) is 24.6. The van der Waals surface area contributed by atoms with Crippen LogP contribution in [-0.4, -0.2) is 33.7 Å². The van der Waals surface area contributed by atoms with E-state index in [9.17, 15) is 13.2 Å². The normalized spacial score (nSPS) is 11.2. The minimum Gasteiger partial charge on any atom is -0.490 e. The molecule has 0 aromatic heterocycles. The third-order valence-corrected chi connectivity index (χ3v) is 6.92. The van der Waals surface area contributed by atoms with Crippen LogP contribution in [0.15, 0.2) is 99.9 Å². The summed E-state index contributed by atoms with van der Waals surface area (Å²) in [7, 11) is -3.99. The van der Waals surface area contributed by atoms with Crippen LogP contribution in [-0.2, 0) is 14.8 Å². The van der Waals surface area contributed by atoms with Crippen LogP contribution in [0, 0.1) is 6.92 Å². The van der Waals surface area contributed by atoms with Crippen molar-refractivity contribution in [1.29, 1.82) is 0 Å². The van der Waals surface area contributed by atoms with Gasteiger partial charge in [-0.2, -0.15) is 5.10 Å². The predicted molar refractivity (Wildman–Crippen MR) is 138 cm³/mol. The van der Waals surface area contributed by atoms with Crippen LogP contribution in [0.3, 0.4) is 0 Å². The van der Waals surface area contributed by atoms with Gasteiger partial charge >= 0.3 is 0 Å². The summed E-state index contributed by atoms with van der Waals surface area (Å²) in [5.41, 5.74) is 4.42. The van der Waals surface area contributed by atoms with Gasteiger partial charge in [-0.15, -0.1) is 0 Å². The first-order chi connectivity index (χ1) is 16.3. The minimum atomic E-state index is -3.99. The van der Waals surface area contributed by atoms with Gasteiger partial charge in [0.2, 0.25) is 0 Å². The van der Waals surface area contributed by atoms with Gasteiger partial charge in [0.05, 0.1) is 16.8 Å². The second-order valence-electron chi connectivity index (χ2n) is 7.27. The Bertz CT molecular complexity index is 1270. The maximum atomic E-state index is 13.4. The summed E-state index contributed by atoms with van der Waals surface area (Å²) in [4.78, 5) is 12.7. The Labute approximate surface area is 207 Å². The topological polar surface area (TPSA) is 88.1 Å². The number of aryl methyl sites for hydroxylation is 1. The van der Waals surface area contributed by atoms with Gasteiger partial charge in [-0.1, -0.05) is 52.3 Å². The quantitative estimate of drug-likeness (QED) is 0.229. The number of hydrogen-bond acceptors (Lipinski definition) is 5. The van der Waals surface area contributed by atoms with Crippen molar-refractivity contribution < 1.29 is 17.9 Å². The molecule has 0 aliphatic carbocycles. The molecule has 0 bridgehead atoms. The summed E-state index contributed by atoms with van der Waals surface area (Å²) in [5, 5.41) is 3.95. The van der Waals surface area contributed by atoms with Crippen molar-refractivity contribution >= 4 is 43.8 Å². The van der Waals surface area contributed by atoms with Gasteiger partial charge < -0.3 is 4.74 Å². The standard InChI is InChI=1S/C25H24BrN3O4S/c1-3-15-33-23-11-9-20(10-12-23)17-27-28-25(30)18-29(22-6-4-5-21(26)16-22)34(31,32)24-13-7-19(2)8-14-24/h3-14,16-17H,1,15,18H2,2H3,(H,28,30)/b27-17-. The summed E-state index contributed by atoms with van der Waals surface area (Å²) < 4.78 is 33.9. The van der Waals surface area contributed by atoms with Crippen molar-refractivity contribution in [2.45, 2.75) is 11.8 Å². The molecule has 3 rings (SSSR count). The highest BCUT2D eigenvalue weighted by Crippen LogP contribution is 2.26. The molecule has 0 aliphatic rings. The number of benzene rings is 3. The summed E-state index contributed by atoms with van der Waals surface area (Å²) >= 11 is 3.36. The van der Waals surface area contributed by atoms with Gasteiger partial charge in [0.15, 0.2) is 0 Å². The van der Waals surface area contributed by atoms with Crippen LogP contribution in [0.2, 0.25) is 0 Å². The van der Waals surface area contributed by atoms with E-state index in [1.54, 1.807) is 66.7 Å².